The van der Waals surface area contributed by atoms with Crippen molar-refractivity contribution in [3.05, 3.63) is 12.4 Å². The fourth-order valence-corrected chi connectivity index (χ4v) is 1.72. The van der Waals surface area contributed by atoms with Crippen LogP contribution in [0.2, 0.25) is 0 Å². The van der Waals surface area contributed by atoms with Crippen molar-refractivity contribution in [1.82, 2.24) is 15.5 Å². The Morgan fingerprint density at radius 1 is 1.60 bits per heavy atom. The van der Waals surface area contributed by atoms with Crippen molar-refractivity contribution >= 4 is 24.0 Å². The number of aromatic amines is 1. The number of nitrogens with one attached hydrogen (secondary N) is 3. The highest BCUT2D eigenvalue weighted by molar-refractivity contribution is 5.92. The van der Waals surface area contributed by atoms with E-state index < -0.39 is 0 Å². The van der Waals surface area contributed by atoms with E-state index in [0.29, 0.717) is 5.92 Å². The fraction of sp³-hybridized carbons (Fsp3) is 0.556. The largest absolute Gasteiger partial charge is 0.323 e. The molecule has 84 valence electrons. The van der Waals surface area contributed by atoms with Crippen molar-refractivity contribution < 1.29 is 4.79 Å². The first-order chi connectivity index (χ1) is 6.77. The minimum absolute atomic E-state index is 0. The maximum Gasteiger partial charge on any atom is 0.229 e. The lowest BCUT2D eigenvalue weighted by atomic mass is 9.97. The number of carbonyl (C=O) groups excluding carboxylic acids is 1. The molecule has 3 N–H and O–H groups in total. The van der Waals surface area contributed by atoms with Crippen molar-refractivity contribution in [2.24, 2.45) is 11.8 Å². The SMILES string of the molecule is C[C@@H]1CNC[C@H]1C(=O)Nc1cn[nH]c1.Cl. The van der Waals surface area contributed by atoms with Crippen molar-refractivity contribution in [3.63, 3.8) is 0 Å². The van der Waals surface area contributed by atoms with Gasteiger partial charge in [0.05, 0.1) is 17.8 Å². The molecule has 0 spiro atoms. The second-order valence-corrected chi connectivity index (χ2v) is 3.72. The fourth-order valence-electron chi connectivity index (χ4n) is 1.72. The van der Waals surface area contributed by atoms with Crippen molar-refractivity contribution in [2.45, 2.75) is 6.92 Å². The highest BCUT2D eigenvalue weighted by Gasteiger charge is 2.29. The Kier molecular flexibility index (Phi) is 4.11. The molecule has 1 aromatic heterocycles. The molecule has 0 aliphatic carbocycles. The van der Waals surface area contributed by atoms with Crippen LogP contribution in [0.4, 0.5) is 5.69 Å². The van der Waals surface area contributed by atoms with Gasteiger partial charge >= 0.3 is 0 Å². The summed E-state index contributed by atoms with van der Waals surface area (Å²) in [5, 5.41) is 12.4. The van der Waals surface area contributed by atoms with Crippen LogP contribution < -0.4 is 10.6 Å². The minimum Gasteiger partial charge on any atom is -0.323 e. The van der Waals surface area contributed by atoms with Gasteiger partial charge in [0.2, 0.25) is 5.91 Å². The van der Waals surface area contributed by atoms with Gasteiger partial charge in [-0.2, -0.15) is 5.10 Å². The maximum absolute atomic E-state index is 11.7. The number of H-pyrrole nitrogens is 1. The summed E-state index contributed by atoms with van der Waals surface area (Å²) in [5.41, 5.74) is 0.731. The lowest BCUT2D eigenvalue weighted by Gasteiger charge is -2.12. The second kappa shape index (κ2) is 5.14. The molecule has 0 aromatic carbocycles. The topological polar surface area (TPSA) is 69.8 Å². The number of rotatable bonds is 2. The van der Waals surface area contributed by atoms with E-state index in [-0.39, 0.29) is 24.2 Å². The van der Waals surface area contributed by atoms with Crippen LogP contribution in [0.3, 0.4) is 0 Å². The molecule has 1 aromatic rings. The molecule has 5 nitrogen and oxygen atoms in total. The number of anilines is 1. The molecule has 1 fully saturated rings. The Hall–Kier alpha value is -1.07. The van der Waals surface area contributed by atoms with E-state index in [9.17, 15) is 4.79 Å². The standard InChI is InChI=1S/C9H14N4O.ClH/c1-6-2-10-5-8(6)9(14)13-7-3-11-12-4-7;/h3-4,6,8,10H,2,5H2,1H3,(H,11,12)(H,13,14);1H/t6-,8-;/m1./s1. The van der Waals surface area contributed by atoms with Crippen molar-refractivity contribution in [1.29, 1.82) is 0 Å². The van der Waals surface area contributed by atoms with Gasteiger partial charge in [-0.1, -0.05) is 6.92 Å². The van der Waals surface area contributed by atoms with Gasteiger partial charge in [-0.3, -0.25) is 9.89 Å². The van der Waals surface area contributed by atoms with Crippen LogP contribution in [0.25, 0.3) is 0 Å². The zero-order valence-corrected chi connectivity index (χ0v) is 9.30. The lowest BCUT2D eigenvalue weighted by molar-refractivity contribution is -0.120. The van der Waals surface area contributed by atoms with E-state index in [2.05, 4.69) is 27.8 Å². The van der Waals surface area contributed by atoms with Crippen molar-refractivity contribution in [2.75, 3.05) is 18.4 Å². The summed E-state index contributed by atoms with van der Waals surface area (Å²) < 4.78 is 0. The quantitative estimate of drug-likeness (QED) is 0.698. The van der Waals surface area contributed by atoms with Crippen LogP contribution in [0.15, 0.2) is 12.4 Å². The Balaban J connectivity index is 0.00000112. The maximum atomic E-state index is 11.7. The molecular weight excluding hydrogens is 216 g/mol. The van der Waals surface area contributed by atoms with E-state index in [1.165, 1.54) is 0 Å². The van der Waals surface area contributed by atoms with Crippen LogP contribution in [-0.4, -0.2) is 29.2 Å². The molecule has 1 aliphatic rings. The Bertz CT molecular complexity index is 314. The summed E-state index contributed by atoms with van der Waals surface area (Å²) in [6, 6.07) is 0. The number of carbonyl (C=O) groups is 1. The number of hydrogen-bond acceptors (Lipinski definition) is 3. The van der Waals surface area contributed by atoms with Crippen LogP contribution in [0, 0.1) is 11.8 Å². The molecular formula is C9H15ClN4O. The van der Waals surface area contributed by atoms with Gasteiger partial charge in [-0.25, -0.2) is 0 Å². The number of halogens is 1. The van der Waals surface area contributed by atoms with Crippen LogP contribution in [0.1, 0.15) is 6.92 Å². The molecule has 2 atom stereocenters. The molecule has 0 saturated carbocycles. The molecule has 15 heavy (non-hydrogen) atoms. The normalized spacial score (nSPS) is 24.6. The van der Waals surface area contributed by atoms with Gasteiger partial charge in [-0.15, -0.1) is 12.4 Å². The summed E-state index contributed by atoms with van der Waals surface area (Å²) in [6.45, 7) is 3.77. The summed E-state index contributed by atoms with van der Waals surface area (Å²) in [4.78, 5) is 11.7. The molecule has 6 heteroatoms. The van der Waals surface area contributed by atoms with Gasteiger partial charge in [0.1, 0.15) is 0 Å². The highest BCUT2D eigenvalue weighted by atomic mass is 35.5. The van der Waals surface area contributed by atoms with E-state index in [4.69, 9.17) is 0 Å². The summed E-state index contributed by atoms with van der Waals surface area (Å²) in [5.74, 6) is 0.552. The van der Waals surface area contributed by atoms with E-state index in [1.54, 1.807) is 12.4 Å². The second-order valence-electron chi connectivity index (χ2n) is 3.72. The smallest absolute Gasteiger partial charge is 0.229 e. The monoisotopic (exact) mass is 230 g/mol. The predicted molar refractivity (Wildman–Crippen MR) is 60.0 cm³/mol. The summed E-state index contributed by atoms with van der Waals surface area (Å²) in [7, 11) is 0. The van der Waals surface area contributed by atoms with Crippen LogP contribution >= 0.6 is 12.4 Å². The third-order valence-corrected chi connectivity index (χ3v) is 2.62. The molecule has 1 aliphatic heterocycles. The Morgan fingerprint density at radius 3 is 2.93 bits per heavy atom. The minimum atomic E-state index is 0. The first-order valence-corrected chi connectivity index (χ1v) is 4.77. The first kappa shape index (κ1) is 12.0. The molecule has 0 bridgehead atoms. The number of hydrogen-bond donors (Lipinski definition) is 3. The zero-order chi connectivity index (χ0) is 9.97. The molecule has 1 amide bonds. The molecule has 2 rings (SSSR count). The predicted octanol–water partition coefficient (Wildman–Crippen LogP) is 0.625. The van der Waals surface area contributed by atoms with E-state index in [0.717, 1.165) is 18.8 Å². The molecule has 0 unspecified atom stereocenters. The van der Waals surface area contributed by atoms with Crippen LogP contribution in [0.5, 0.6) is 0 Å². The zero-order valence-electron chi connectivity index (χ0n) is 8.49. The number of amides is 1. The van der Waals surface area contributed by atoms with Crippen LogP contribution in [-0.2, 0) is 4.79 Å². The number of nitrogens with zero attached hydrogens (tertiary/aromatic N) is 1. The molecule has 2 heterocycles. The van der Waals surface area contributed by atoms with Gasteiger partial charge in [0.15, 0.2) is 0 Å². The Morgan fingerprint density at radius 2 is 2.40 bits per heavy atom. The van der Waals surface area contributed by atoms with Crippen molar-refractivity contribution in [3.8, 4) is 0 Å². The van der Waals surface area contributed by atoms with Gasteiger partial charge < -0.3 is 10.6 Å². The highest BCUT2D eigenvalue weighted by Crippen LogP contribution is 2.17. The Labute approximate surface area is 94.4 Å². The third kappa shape index (κ3) is 2.70. The van der Waals surface area contributed by atoms with Gasteiger partial charge in [-0.05, 0) is 12.5 Å². The molecule has 1 saturated heterocycles. The van der Waals surface area contributed by atoms with E-state index in [1.807, 2.05) is 0 Å². The van der Waals surface area contributed by atoms with Gasteiger partial charge in [0, 0.05) is 12.7 Å². The van der Waals surface area contributed by atoms with Gasteiger partial charge in [0.25, 0.3) is 0 Å². The van der Waals surface area contributed by atoms with E-state index >= 15 is 0 Å². The molecule has 0 radical (unpaired) electrons. The summed E-state index contributed by atoms with van der Waals surface area (Å²) >= 11 is 0. The lowest BCUT2D eigenvalue weighted by Crippen LogP contribution is -2.27. The third-order valence-electron chi connectivity index (χ3n) is 2.62. The first-order valence-electron chi connectivity index (χ1n) is 4.77. The average molecular weight is 231 g/mol. The average Bonchev–Trinajstić information content (AvgIpc) is 2.75. The number of aromatic nitrogens is 2. The summed E-state index contributed by atoms with van der Waals surface area (Å²) in [6.07, 6.45) is 3.27.